The summed E-state index contributed by atoms with van der Waals surface area (Å²) in [5, 5.41) is 17.8. The second-order valence-electron chi connectivity index (χ2n) is 2.50. The van der Waals surface area contributed by atoms with Gasteiger partial charge >= 0.3 is 5.97 Å². The quantitative estimate of drug-likeness (QED) is 0.617. The maximum atomic E-state index is 13.4. The van der Waals surface area contributed by atoms with Crippen LogP contribution >= 0.6 is 38.5 Å². The Bertz CT molecular complexity index is 383. The van der Waals surface area contributed by atoms with Crippen LogP contribution in [-0.2, 0) is 4.79 Å². The Morgan fingerprint density at radius 3 is 2.64 bits per heavy atom. The Hall–Kier alpha value is -0.210. The maximum absolute atomic E-state index is 13.4. The van der Waals surface area contributed by atoms with Crippen molar-refractivity contribution in [1.82, 2.24) is 0 Å². The summed E-state index contributed by atoms with van der Waals surface area (Å²) < 4.78 is 13.9. The third kappa shape index (κ3) is 2.23. The minimum absolute atomic E-state index is 0.133. The Balaban J connectivity index is 3.32. The highest BCUT2D eigenvalue weighted by Crippen LogP contribution is 2.28. The van der Waals surface area contributed by atoms with Gasteiger partial charge in [-0.1, -0.05) is 0 Å². The summed E-state index contributed by atoms with van der Waals surface area (Å²) in [5.41, 5.74) is -0.215. The minimum atomic E-state index is -1.83. The number of carboxylic acid groups (broad SMARTS) is 1. The maximum Gasteiger partial charge on any atom is 0.337 e. The molecule has 76 valence electrons. The lowest BCUT2D eigenvalue weighted by atomic mass is 10.1. The first-order valence-corrected chi connectivity index (χ1v) is 5.36. The third-order valence-corrected chi connectivity index (χ3v) is 3.14. The first-order chi connectivity index (χ1) is 6.45. The van der Waals surface area contributed by atoms with E-state index in [1.165, 1.54) is 12.1 Å². The Kier molecular flexibility index (Phi) is 3.85. The van der Waals surface area contributed by atoms with Gasteiger partial charge in [0.25, 0.3) is 0 Å². The highest BCUT2D eigenvalue weighted by Gasteiger charge is 2.24. The molecule has 1 aromatic carbocycles. The van der Waals surface area contributed by atoms with E-state index in [1.54, 1.807) is 22.6 Å². The second-order valence-corrected chi connectivity index (χ2v) is 4.51. The van der Waals surface area contributed by atoms with E-state index in [-0.39, 0.29) is 10.0 Å². The summed E-state index contributed by atoms with van der Waals surface area (Å²) in [5.74, 6) is -2.22. The molecule has 0 radical (unpaired) electrons. The van der Waals surface area contributed by atoms with Crippen LogP contribution in [0.25, 0.3) is 0 Å². The molecule has 2 N–H and O–H groups in total. The SMILES string of the molecule is O=C(O)C(O)c1c(I)ccc(Br)c1F. The van der Waals surface area contributed by atoms with Crippen LogP contribution in [0.5, 0.6) is 0 Å². The summed E-state index contributed by atoms with van der Waals surface area (Å²) in [7, 11) is 0. The van der Waals surface area contributed by atoms with Gasteiger partial charge < -0.3 is 10.2 Å². The highest BCUT2D eigenvalue weighted by molar-refractivity contribution is 14.1. The van der Waals surface area contributed by atoms with Crippen molar-refractivity contribution in [2.75, 3.05) is 0 Å². The van der Waals surface area contributed by atoms with Crippen LogP contribution in [-0.4, -0.2) is 16.2 Å². The second kappa shape index (κ2) is 4.54. The van der Waals surface area contributed by atoms with Crippen LogP contribution in [0, 0.1) is 9.39 Å². The van der Waals surface area contributed by atoms with Gasteiger partial charge in [0.05, 0.1) is 4.47 Å². The first kappa shape index (κ1) is 11.9. The van der Waals surface area contributed by atoms with Crippen molar-refractivity contribution in [3.63, 3.8) is 0 Å². The molecule has 14 heavy (non-hydrogen) atoms. The number of aliphatic carboxylic acids is 1. The van der Waals surface area contributed by atoms with Gasteiger partial charge in [0.2, 0.25) is 0 Å². The van der Waals surface area contributed by atoms with Crippen LogP contribution in [0.15, 0.2) is 16.6 Å². The molecule has 6 heteroatoms. The molecule has 3 nitrogen and oxygen atoms in total. The zero-order valence-corrected chi connectivity index (χ0v) is 10.4. The largest absolute Gasteiger partial charge is 0.479 e. The van der Waals surface area contributed by atoms with Gasteiger partial charge in [0.1, 0.15) is 5.82 Å². The van der Waals surface area contributed by atoms with Crippen LogP contribution in [0.1, 0.15) is 11.7 Å². The smallest absolute Gasteiger partial charge is 0.337 e. The van der Waals surface area contributed by atoms with Crippen LogP contribution < -0.4 is 0 Å². The van der Waals surface area contributed by atoms with E-state index in [9.17, 15) is 14.3 Å². The normalized spacial score (nSPS) is 12.6. The molecule has 0 amide bonds. The first-order valence-electron chi connectivity index (χ1n) is 3.49. The lowest BCUT2D eigenvalue weighted by molar-refractivity contribution is -0.147. The molecule has 0 saturated carbocycles. The summed E-state index contributed by atoms with van der Waals surface area (Å²) in [6.45, 7) is 0. The molecule has 0 saturated heterocycles. The zero-order valence-electron chi connectivity index (χ0n) is 6.67. The number of aliphatic hydroxyl groups excluding tert-OH is 1. The monoisotopic (exact) mass is 374 g/mol. The van der Waals surface area contributed by atoms with Crippen LogP contribution in [0.4, 0.5) is 4.39 Å². The van der Waals surface area contributed by atoms with E-state index in [4.69, 9.17) is 5.11 Å². The minimum Gasteiger partial charge on any atom is -0.479 e. The fourth-order valence-electron chi connectivity index (χ4n) is 0.917. The Morgan fingerprint density at radius 1 is 1.57 bits per heavy atom. The molecule has 0 aromatic heterocycles. The molecule has 0 bridgehead atoms. The highest BCUT2D eigenvalue weighted by atomic mass is 127. The standard InChI is InChI=1S/C8H5BrFIO3/c9-3-1-2-4(11)5(6(3)10)7(12)8(13)14/h1-2,7,12H,(H,13,14). The predicted molar refractivity (Wildman–Crippen MR) is 59.4 cm³/mol. The number of carbonyl (C=O) groups is 1. The molecule has 0 heterocycles. The number of hydrogen-bond acceptors (Lipinski definition) is 2. The van der Waals surface area contributed by atoms with Crippen molar-refractivity contribution in [2.24, 2.45) is 0 Å². The number of aliphatic hydroxyl groups is 1. The van der Waals surface area contributed by atoms with Gasteiger partial charge in [-0.05, 0) is 50.7 Å². The average Bonchev–Trinajstić information content (AvgIpc) is 2.12. The van der Waals surface area contributed by atoms with Gasteiger partial charge in [-0.3, -0.25) is 0 Å². The zero-order chi connectivity index (χ0) is 10.9. The number of rotatable bonds is 2. The molecule has 1 atom stereocenters. The van der Waals surface area contributed by atoms with E-state index >= 15 is 0 Å². The summed E-state index contributed by atoms with van der Waals surface area (Å²) in [6.07, 6.45) is -1.83. The van der Waals surface area contributed by atoms with Gasteiger partial charge in [-0.2, -0.15) is 0 Å². The van der Waals surface area contributed by atoms with E-state index in [0.717, 1.165) is 0 Å². The van der Waals surface area contributed by atoms with Crippen molar-refractivity contribution in [3.05, 3.63) is 31.6 Å². The molecule has 0 aliphatic carbocycles. The molecule has 1 unspecified atom stereocenters. The van der Waals surface area contributed by atoms with Crippen molar-refractivity contribution < 1.29 is 19.4 Å². The van der Waals surface area contributed by atoms with Gasteiger partial charge in [0, 0.05) is 9.13 Å². The molecule has 0 aliphatic rings. The van der Waals surface area contributed by atoms with Gasteiger partial charge in [-0.25, -0.2) is 9.18 Å². The Morgan fingerprint density at radius 2 is 2.14 bits per heavy atom. The van der Waals surface area contributed by atoms with Crippen molar-refractivity contribution in [1.29, 1.82) is 0 Å². The van der Waals surface area contributed by atoms with E-state index in [2.05, 4.69) is 15.9 Å². The number of hydrogen-bond donors (Lipinski definition) is 2. The number of benzene rings is 1. The molecule has 0 aliphatic heterocycles. The predicted octanol–water partition coefficient (Wildman–Crippen LogP) is 2.31. The van der Waals surface area contributed by atoms with Crippen molar-refractivity contribution in [3.8, 4) is 0 Å². The van der Waals surface area contributed by atoms with E-state index < -0.39 is 17.9 Å². The fraction of sp³-hybridized carbons (Fsp3) is 0.125. The topological polar surface area (TPSA) is 57.5 Å². The summed E-state index contributed by atoms with van der Waals surface area (Å²) >= 11 is 4.68. The van der Waals surface area contributed by atoms with Gasteiger partial charge in [-0.15, -0.1) is 0 Å². The van der Waals surface area contributed by atoms with Crippen molar-refractivity contribution >= 4 is 44.5 Å². The Labute approximate surface area is 101 Å². The average molecular weight is 375 g/mol. The summed E-state index contributed by atoms with van der Waals surface area (Å²) in [4.78, 5) is 10.5. The van der Waals surface area contributed by atoms with Crippen LogP contribution in [0.2, 0.25) is 0 Å². The number of carboxylic acids is 1. The van der Waals surface area contributed by atoms with Gasteiger partial charge in [0.15, 0.2) is 6.10 Å². The lowest BCUT2D eigenvalue weighted by Gasteiger charge is -2.10. The molecule has 1 aromatic rings. The molecular formula is C8H5BrFIO3. The van der Waals surface area contributed by atoms with Crippen LogP contribution in [0.3, 0.4) is 0 Å². The molecule has 1 rings (SSSR count). The van der Waals surface area contributed by atoms with Crippen molar-refractivity contribution in [2.45, 2.75) is 6.10 Å². The fourth-order valence-corrected chi connectivity index (χ4v) is 1.97. The molecule has 0 spiro atoms. The van der Waals surface area contributed by atoms with E-state index in [0.29, 0.717) is 3.57 Å². The van der Waals surface area contributed by atoms with E-state index in [1.807, 2.05) is 0 Å². The molecular weight excluding hydrogens is 370 g/mol. The lowest BCUT2D eigenvalue weighted by Crippen LogP contribution is -2.14. The summed E-state index contributed by atoms with van der Waals surface area (Å²) in [6, 6.07) is 2.98. The molecule has 0 fully saturated rings. The number of halogens is 3. The third-order valence-electron chi connectivity index (χ3n) is 1.59.